The Kier molecular flexibility index (Phi) is 6.38. The Balaban J connectivity index is 1.63. The summed E-state index contributed by atoms with van der Waals surface area (Å²) in [4.78, 5) is 4.75. The Labute approximate surface area is 177 Å². The fourth-order valence-corrected chi connectivity index (χ4v) is 4.07. The highest BCUT2D eigenvalue weighted by molar-refractivity contribution is 5.65. The van der Waals surface area contributed by atoms with E-state index in [0.717, 1.165) is 48.0 Å². The maximum atomic E-state index is 6.48. The van der Waals surface area contributed by atoms with E-state index in [9.17, 15) is 0 Å². The number of nitrogens with one attached hydrogen (secondary N) is 2. The Morgan fingerprint density at radius 3 is 2.80 bits per heavy atom. The number of benzene rings is 1. The van der Waals surface area contributed by atoms with Crippen molar-refractivity contribution in [1.82, 2.24) is 19.9 Å². The fourth-order valence-electron chi connectivity index (χ4n) is 4.07. The minimum atomic E-state index is 0.133. The Morgan fingerprint density at radius 2 is 2.03 bits per heavy atom. The van der Waals surface area contributed by atoms with Gasteiger partial charge in [-0.2, -0.15) is 14.6 Å². The van der Waals surface area contributed by atoms with Gasteiger partial charge >= 0.3 is 0 Å². The molecular weight excluding hydrogens is 378 g/mol. The number of fused-ring (bicyclic) bond motifs is 1. The molecule has 1 fully saturated rings. The van der Waals surface area contributed by atoms with Crippen molar-refractivity contribution in [1.29, 1.82) is 0 Å². The van der Waals surface area contributed by atoms with E-state index < -0.39 is 0 Å². The van der Waals surface area contributed by atoms with Crippen LogP contribution in [0, 0.1) is 12.8 Å². The number of aromatic nitrogens is 3. The predicted molar refractivity (Wildman–Crippen MR) is 119 cm³/mol. The van der Waals surface area contributed by atoms with Crippen LogP contribution < -0.4 is 20.1 Å². The summed E-state index contributed by atoms with van der Waals surface area (Å²) in [5.74, 6) is 2.95. The molecule has 0 bridgehead atoms. The molecule has 0 unspecified atom stereocenters. The average Bonchev–Trinajstić information content (AvgIpc) is 3.22. The van der Waals surface area contributed by atoms with Gasteiger partial charge in [0.1, 0.15) is 17.7 Å². The van der Waals surface area contributed by atoms with E-state index in [1.807, 2.05) is 48.7 Å². The number of ether oxygens (including phenoxy) is 2. The Hall–Kier alpha value is -2.80. The molecule has 30 heavy (non-hydrogen) atoms. The number of anilines is 2. The van der Waals surface area contributed by atoms with E-state index in [4.69, 9.17) is 14.5 Å². The molecule has 1 aromatic carbocycles. The zero-order valence-corrected chi connectivity index (χ0v) is 18.0. The van der Waals surface area contributed by atoms with E-state index in [-0.39, 0.29) is 6.10 Å². The first-order valence-electron chi connectivity index (χ1n) is 10.9. The zero-order valence-electron chi connectivity index (χ0n) is 18.0. The maximum Gasteiger partial charge on any atom is 0.222 e. The van der Waals surface area contributed by atoms with Crippen molar-refractivity contribution < 1.29 is 9.47 Å². The summed E-state index contributed by atoms with van der Waals surface area (Å²) in [5, 5.41) is 11.4. The second-order valence-electron chi connectivity index (χ2n) is 7.77. The summed E-state index contributed by atoms with van der Waals surface area (Å²) in [6.07, 6.45) is 5.38. The Morgan fingerprint density at radius 1 is 1.20 bits per heavy atom. The fraction of sp³-hybridized carbons (Fsp3) is 0.478. The second-order valence-corrected chi connectivity index (χ2v) is 7.77. The maximum absolute atomic E-state index is 6.48. The molecule has 7 nitrogen and oxygen atoms in total. The van der Waals surface area contributed by atoms with Gasteiger partial charge in [-0.25, -0.2) is 0 Å². The summed E-state index contributed by atoms with van der Waals surface area (Å²) in [6.45, 7) is 8.82. The molecule has 3 heterocycles. The van der Waals surface area contributed by atoms with Crippen LogP contribution in [0.25, 0.3) is 5.65 Å². The molecule has 0 amide bonds. The van der Waals surface area contributed by atoms with Gasteiger partial charge in [-0.15, -0.1) is 0 Å². The number of piperidine rings is 1. The molecule has 0 spiro atoms. The van der Waals surface area contributed by atoms with Crippen molar-refractivity contribution >= 4 is 17.2 Å². The first-order valence-corrected chi connectivity index (χ1v) is 10.9. The first kappa shape index (κ1) is 20.5. The lowest BCUT2D eigenvalue weighted by atomic mass is 9.91. The number of hydrogen-bond donors (Lipinski definition) is 2. The van der Waals surface area contributed by atoms with Crippen LogP contribution in [0.1, 0.15) is 38.7 Å². The largest absolute Gasteiger partial charge is 0.494 e. The quantitative estimate of drug-likeness (QED) is 0.577. The molecule has 2 atom stereocenters. The van der Waals surface area contributed by atoms with E-state index in [0.29, 0.717) is 18.4 Å². The summed E-state index contributed by atoms with van der Waals surface area (Å²) in [5.41, 5.74) is 2.67. The summed E-state index contributed by atoms with van der Waals surface area (Å²) in [7, 11) is 0. The van der Waals surface area contributed by atoms with Crippen LogP contribution in [0.2, 0.25) is 0 Å². The van der Waals surface area contributed by atoms with Gasteiger partial charge < -0.3 is 20.1 Å². The third-order valence-electron chi connectivity index (χ3n) is 5.64. The van der Waals surface area contributed by atoms with Crippen molar-refractivity contribution in [2.75, 3.05) is 25.0 Å². The lowest BCUT2D eigenvalue weighted by Crippen LogP contribution is -2.44. The van der Waals surface area contributed by atoms with Gasteiger partial charge in [-0.1, -0.05) is 13.3 Å². The Bertz CT molecular complexity index is 968. The highest BCUT2D eigenvalue weighted by Gasteiger charge is 2.27. The van der Waals surface area contributed by atoms with Crippen molar-refractivity contribution in [3.63, 3.8) is 0 Å². The molecule has 1 aliphatic heterocycles. The lowest BCUT2D eigenvalue weighted by molar-refractivity contribution is 0.0938. The highest BCUT2D eigenvalue weighted by atomic mass is 16.5. The smallest absolute Gasteiger partial charge is 0.222 e. The molecule has 2 aromatic heterocycles. The summed E-state index contributed by atoms with van der Waals surface area (Å²) in [6, 6.07) is 9.83. The first-order chi connectivity index (χ1) is 14.7. The third kappa shape index (κ3) is 4.36. The summed E-state index contributed by atoms with van der Waals surface area (Å²) < 4.78 is 13.8. The molecule has 4 rings (SSSR count). The van der Waals surface area contributed by atoms with Gasteiger partial charge in [-0.05, 0) is 63.4 Å². The number of nitrogens with zero attached hydrogens (tertiary/aromatic N) is 3. The van der Waals surface area contributed by atoms with Crippen molar-refractivity contribution in [3.8, 4) is 11.6 Å². The van der Waals surface area contributed by atoms with Gasteiger partial charge in [0.2, 0.25) is 5.88 Å². The standard InChI is InChI=1S/C23H31N5O2/c1-4-6-17-11-13-24-15-20(17)30-23-16(3)22(28-21(27-23)12-14-25-28)26-18-7-9-19(10-8-18)29-5-2/h7-10,12,14,17,20,24,26H,4-6,11,13,15H2,1-3H3/t17-,20-/m1/s1. The van der Waals surface area contributed by atoms with Crippen LogP contribution in [0.3, 0.4) is 0 Å². The van der Waals surface area contributed by atoms with E-state index >= 15 is 0 Å². The van der Waals surface area contributed by atoms with E-state index in [1.165, 1.54) is 12.8 Å². The average molecular weight is 410 g/mol. The molecule has 0 radical (unpaired) electrons. The van der Waals surface area contributed by atoms with Gasteiger partial charge in [0.05, 0.1) is 18.4 Å². The monoisotopic (exact) mass is 409 g/mol. The van der Waals surface area contributed by atoms with Crippen LogP contribution in [0.4, 0.5) is 11.5 Å². The van der Waals surface area contributed by atoms with Crippen molar-refractivity contribution in [2.24, 2.45) is 5.92 Å². The highest BCUT2D eigenvalue weighted by Crippen LogP contribution is 2.31. The van der Waals surface area contributed by atoms with Crippen LogP contribution in [-0.4, -0.2) is 40.4 Å². The molecule has 0 aliphatic carbocycles. The van der Waals surface area contributed by atoms with Crippen molar-refractivity contribution in [3.05, 3.63) is 42.1 Å². The van der Waals surface area contributed by atoms with Gasteiger partial charge in [0.15, 0.2) is 5.65 Å². The molecule has 0 saturated carbocycles. The van der Waals surface area contributed by atoms with Crippen LogP contribution in [0.15, 0.2) is 36.5 Å². The predicted octanol–water partition coefficient (Wildman–Crippen LogP) is 4.34. The molecule has 3 aromatic rings. The zero-order chi connectivity index (χ0) is 20.9. The third-order valence-corrected chi connectivity index (χ3v) is 5.64. The van der Waals surface area contributed by atoms with Gasteiger partial charge in [0.25, 0.3) is 0 Å². The lowest BCUT2D eigenvalue weighted by Gasteiger charge is -2.32. The van der Waals surface area contributed by atoms with E-state index in [1.54, 1.807) is 6.20 Å². The molecule has 1 aliphatic rings. The van der Waals surface area contributed by atoms with Crippen molar-refractivity contribution in [2.45, 2.75) is 46.1 Å². The molecule has 7 heteroatoms. The van der Waals surface area contributed by atoms with Gasteiger partial charge in [0, 0.05) is 18.3 Å². The molecular formula is C23H31N5O2. The van der Waals surface area contributed by atoms with E-state index in [2.05, 4.69) is 22.7 Å². The molecule has 1 saturated heterocycles. The normalized spacial score (nSPS) is 19.0. The van der Waals surface area contributed by atoms with Crippen LogP contribution in [0.5, 0.6) is 11.6 Å². The molecule has 160 valence electrons. The van der Waals surface area contributed by atoms with Crippen LogP contribution in [-0.2, 0) is 0 Å². The molecule has 2 N–H and O–H groups in total. The topological polar surface area (TPSA) is 72.7 Å². The summed E-state index contributed by atoms with van der Waals surface area (Å²) >= 11 is 0. The minimum Gasteiger partial charge on any atom is -0.494 e. The van der Waals surface area contributed by atoms with Crippen LogP contribution >= 0.6 is 0 Å². The minimum absolute atomic E-state index is 0.133. The SMILES string of the molecule is CCC[C@@H]1CCNC[C@H]1Oc1nc2ccnn2c(Nc2ccc(OCC)cc2)c1C. The second kappa shape index (κ2) is 9.34. The number of rotatable bonds is 8. The number of hydrogen-bond acceptors (Lipinski definition) is 6. The van der Waals surface area contributed by atoms with Gasteiger partial charge in [-0.3, -0.25) is 0 Å².